The van der Waals surface area contributed by atoms with Crippen LogP contribution >= 0.6 is 0 Å². The van der Waals surface area contributed by atoms with Gasteiger partial charge in [0.2, 0.25) is 5.91 Å². The van der Waals surface area contributed by atoms with Gasteiger partial charge < -0.3 is 10.2 Å². The van der Waals surface area contributed by atoms with Crippen molar-refractivity contribution in [1.29, 1.82) is 0 Å². The summed E-state index contributed by atoms with van der Waals surface area (Å²) >= 11 is 0. The molecule has 2 fully saturated rings. The van der Waals surface area contributed by atoms with Crippen molar-refractivity contribution in [3.05, 3.63) is 12.2 Å². The van der Waals surface area contributed by atoms with Crippen molar-refractivity contribution < 1.29 is 9.59 Å². The van der Waals surface area contributed by atoms with Crippen LogP contribution in [-0.4, -0.2) is 42.8 Å². The van der Waals surface area contributed by atoms with Gasteiger partial charge in [0.05, 0.1) is 5.92 Å². The number of Topliss-reactive ketones (excluding diaryl/α,β-unsaturated/α-hetero) is 1. The van der Waals surface area contributed by atoms with Gasteiger partial charge in [-0.1, -0.05) is 18.6 Å². The Hall–Kier alpha value is -1.16. The van der Waals surface area contributed by atoms with Gasteiger partial charge in [-0.2, -0.15) is 0 Å². The van der Waals surface area contributed by atoms with E-state index in [2.05, 4.69) is 22.4 Å². The fraction of sp³-hybridized carbons (Fsp3) is 0.765. The first-order valence-corrected chi connectivity index (χ1v) is 8.35. The van der Waals surface area contributed by atoms with Gasteiger partial charge in [-0.25, -0.2) is 0 Å². The zero-order chi connectivity index (χ0) is 14.8. The van der Waals surface area contributed by atoms with Crippen molar-refractivity contribution in [2.75, 3.05) is 26.2 Å². The molecule has 3 aliphatic rings. The van der Waals surface area contributed by atoms with Crippen LogP contribution in [0.3, 0.4) is 0 Å². The lowest BCUT2D eigenvalue weighted by atomic mass is 9.80. The third-order valence-corrected chi connectivity index (χ3v) is 5.41. The number of hydrogen-bond donors (Lipinski definition) is 1. The minimum Gasteiger partial charge on any atom is -0.355 e. The first kappa shape index (κ1) is 14.8. The summed E-state index contributed by atoms with van der Waals surface area (Å²) < 4.78 is 0. The molecule has 1 amide bonds. The number of rotatable bonds is 5. The maximum Gasteiger partial charge on any atom is 0.224 e. The Bertz CT molecular complexity index is 440. The second kappa shape index (κ2) is 6.30. The number of carbonyl (C=O) groups is 2. The SMILES string of the molecule is CC(=O)C1C2C=CC(C2)C1C(=O)NCCN1CCCCC1. The number of allylic oxidation sites excluding steroid dienone is 2. The van der Waals surface area contributed by atoms with Crippen molar-refractivity contribution in [2.45, 2.75) is 32.6 Å². The summed E-state index contributed by atoms with van der Waals surface area (Å²) in [7, 11) is 0. The molecule has 4 unspecified atom stereocenters. The van der Waals surface area contributed by atoms with E-state index in [1.807, 2.05) is 0 Å². The van der Waals surface area contributed by atoms with Crippen molar-refractivity contribution in [3.63, 3.8) is 0 Å². The Morgan fingerprint density at radius 1 is 1.10 bits per heavy atom. The molecule has 0 aromatic carbocycles. The van der Waals surface area contributed by atoms with Crippen LogP contribution in [0.1, 0.15) is 32.6 Å². The van der Waals surface area contributed by atoms with E-state index in [0.717, 1.165) is 26.1 Å². The zero-order valence-electron chi connectivity index (χ0n) is 12.9. The summed E-state index contributed by atoms with van der Waals surface area (Å²) in [6, 6.07) is 0. The average Bonchev–Trinajstić information content (AvgIpc) is 3.08. The summed E-state index contributed by atoms with van der Waals surface area (Å²) in [5.74, 6) is 0.616. The molecule has 1 saturated heterocycles. The van der Waals surface area contributed by atoms with Gasteiger partial charge in [-0.15, -0.1) is 0 Å². The van der Waals surface area contributed by atoms with Gasteiger partial charge in [0.1, 0.15) is 5.78 Å². The molecule has 2 bridgehead atoms. The first-order valence-electron chi connectivity index (χ1n) is 8.35. The maximum atomic E-state index is 12.5. The Kier molecular flexibility index (Phi) is 4.43. The van der Waals surface area contributed by atoms with Crippen LogP contribution in [-0.2, 0) is 9.59 Å². The Morgan fingerprint density at radius 2 is 1.76 bits per heavy atom. The van der Waals surface area contributed by atoms with Gasteiger partial charge in [0, 0.05) is 19.0 Å². The van der Waals surface area contributed by atoms with E-state index in [0.29, 0.717) is 12.5 Å². The molecule has 1 N–H and O–H groups in total. The van der Waals surface area contributed by atoms with Gasteiger partial charge in [-0.3, -0.25) is 9.59 Å². The molecule has 4 atom stereocenters. The normalized spacial score (nSPS) is 35.1. The number of nitrogens with zero attached hydrogens (tertiary/aromatic N) is 1. The molecular formula is C17H26N2O2. The van der Waals surface area contributed by atoms with Crippen LogP contribution in [0.4, 0.5) is 0 Å². The Balaban J connectivity index is 1.50. The second-order valence-corrected chi connectivity index (χ2v) is 6.80. The lowest BCUT2D eigenvalue weighted by Gasteiger charge is -2.28. The standard InChI is InChI=1S/C17H26N2O2/c1-12(20)15-13-5-6-14(11-13)16(15)17(21)18-7-10-19-8-3-2-4-9-19/h5-6,13-16H,2-4,7-11H2,1H3,(H,18,21). The fourth-order valence-corrected chi connectivity index (χ4v) is 4.37. The molecule has 0 spiro atoms. The number of hydrogen-bond acceptors (Lipinski definition) is 3. The number of ketones is 1. The highest BCUT2D eigenvalue weighted by atomic mass is 16.2. The molecule has 2 aliphatic carbocycles. The molecule has 3 rings (SSSR count). The lowest BCUT2D eigenvalue weighted by molar-refractivity contribution is -0.133. The van der Waals surface area contributed by atoms with Gasteiger partial charge >= 0.3 is 0 Å². The summed E-state index contributed by atoms with van der Waals surface area (Å²) in [5, 5.41) is 3.07. The van der Waals surface area contributed by atoms with Gasteiger partial charge in [0.25, 0.3) is 0 Å². The lowest BCUT2D eigenvalue weighted by Crippen LogP contribution is -2.43. The topological polar surface area (TPSA) is 49.4 Å². The summed E-state index contributed by atoms with van der Waals surface area (Å²) in [5.41, 5.74) is 0. The van der Waals surface area contributed by atoms with E-state index in [1.165, 1.54) is 19.3 Å². The minimum absolute atomic E-state index is 0.0871. The van der Waals surface area contributed by atoms with Crippen molar-refractivity contribution in [1.82, 2.24) is 10.2 Å². The van der Waals surface area contributed by atoms with Crippen LogP contribution in [0.15, 0.2) is 12.2 Å². The highest BCUT2D eigenvalue weighted by Crippen LogP contribution is 2.48. The number of fused-ring (bicyclic) bond motifs is 2. The summed E-state index contributed by atoms with van der Waals surface area (Å²) in [6.07, 6.45) is 9.14. The number of likely N-dealkylation sites (tertiary alicyclic amines) is 1. The average molecular weight is 290 g/mol. The largest absolute Gasteiger partial charge is 0.355 e. The molecular weight excluding hydrogens is 264 g/mol. The van der Waals surface area contributed by atoms with Crippen LogP contribution in [0.2, 0.25) is 0 Å². The zero-order valence-corrected chi connectivity index (χ0v) is 12.9. The highest BCUT2D eigenvalue weighted by Gasteiger charge is 2.49. The molecule has 0 radical (unpaired) electrons. The van der Waals surface area contributed by atoms with E-state index in [9.17, 15) is 9.59 Å². The second-order valence-electron chi connectivity index (χ2n) is 6.80. The van der Waals surface area contributed by atoms with Crippen LogP contribution in [0.5, 0.6) is 0 Å². The molecule has 21 heavy (non-hydrogen) atoms. The van der Waals surface area contributed by atoms with Gasteiger partial charge in [0.15, 0.2) is 0 Å². The maximum absolute atomic E-state index is 12.5. The predicted octanol–water partition coefficient (Wildman–Crippen LogP) is 1.62. The number of piperidine rings is 1. The van der Waals surface area contributed by atoms with E-state index >= 15 is 0 Å². The third kappa shape index (κ3) is 3.05. The van der Waals surface area contributed by atoms with E-state index in [4.69, 9.17) is 0 Å². The third-order valence-electron chi connectivity index (χ3n) is 5.41. The molecule has 1 heterocycles. The van der Waals surface area contributed by atoms with E-state index < -0.39 is 0 Å². The molecule has 4 nitrogen and oxygen atoms in total. The monoisotopic (exact) mass is 290 g/mol. The van der Waals surface area contributed by atoms with Crippen LogP contribution in [0, 0.1) is 23.7 Å². The molecule has 0 aromatic heterocycles. The number of nitrogens with one attached hydrogen (secondary N) is 1. The quantitative estimate of drug-likeness (QED) is 0.783. The first-order chi connectivity index (χ1) is 10.2. The van der Waals surface area contributed by atoms with E-state index in [-0.39, 0.29) is 29.4 Å². The van der Waals surface area contributed by atoms with Crippen LogP contribution in [0.25, 0.3) is 0 Å². The van der Waals surface area contributed by atoms with Gasteiger partial charge in [-0.05, 0) is 51.1 Å². The van der Waals surface area contributed by atoms with E-state index in [1.54, 1.807) is 6.92 Å². The summed E-state index contributed by atoms with van der Waals surface area (Å²) in [6.45, 7) is 5.59. The fourth-order valence-electron chi connectivity index (χ4n) is 4.37. The smallest absolute Gasteiger partial charge is 0.224 e. The molecule has 116 valence electrons. The predicted molar refractivity (Wildman–Crippen MR) is 81.7 cm³/mol. The molecule has 1 saturated carbocycles. The Morgan fingerprint density at radius 3 is 2.43 bits per heavy atom. The number of amides is 1. The van der Waals surface area contributed by atoms with Crippen LogP contribution < -0.4 is 5.32 Å². The summed E-state index contributed by atoms with van der Waals surface area (Å²) in [4.78, 5) is 26.7. The highest BCUT2D eigenvalue weighted by molar-refractivity contribution is 5.89. The Labute approximate surface area is 127 Å². The molecule has 1 aliphatic heterocycles. The van der Waals surface area contributed by atoms with Crippen molar-refractivity contribution in [3.8, 4) is 0 Å². The minimum atomic E-state index is -0.126. The molecule has 4 heteroatoms. The van der Waals surface area contributed by atoms with Crippen molar-refractivity contribution >= 4 is 11.7 Å². The molecule has 0 aromatic rings. The number of carbonyl (C=O) groups excluding carboxylic acids is 2. The van der Waals surface area contributed by atoms with Crippen molar-refractivity contribution in [2.24, 2.45) is 23.7 Å².